The van der Waals surface area contributed by atoms with Crippen LogP contribution in [-0.4, -0.2) is 55.0 Å². The Morgan fingerprint density at radius 2 is 1.60 bits per heavy atom. The Morgan fingerprint density at radius 3 is 2.34 bits per heavy atom. The zero-order valence-corrected chi connectivity index (χ0v) is 20.0. The number of aromatic amines is 1. The minimum absolute atomic E-state index is 0.146. The van der Waals surface area contributed by atoms with Gasteiger partial charge < -0.3 is 24.8 Å². The molecule has 1 aromatic heterocycles. The van der Waals surface area contributed by atoms with Crippen LogP contribution in [0.1, 0.15) is 20.8 Å². The Bertz CT molecular complexity index is 1370. The summed E-state index contributed by atoms with van der Waals surface area (Å²) >= 11 is 5.96. The highest BCUT2D eigenvalue weighted by molar-refractivity contribution is 6.30. The molecule has 1 aliphatic heterocycles. The molecule has 0 spiro atoms. The van der Waals surface area contributed by atoms with Crippen molar-refractivity contribution in [2.24, 2.45) is 0 Å². The summed E-state index contributed by atoms with van der Waals surface area (Å²) in [5.41, 5.74) is 3.12. The Morgan fingerprint density at radius 1 is 0.914 bits per heavy atom. The van der Waals surface area contributed by atoms with E-state index in [-0.39, 0.29) is 11.8 Å². The molecule has 1 aliphatic rings. The van der Waals surface area contributed by atoms with Crippen LogP contribution in [-0.2, 0) is 0 Å². The molecule has 0 unspecified atom stereocenters. The van der Waals surface area contributed by atoms with Gasteiger partial charge in [0.25, 0.3) is 11.8 Å². The van der Waals surface area contributed by atoms with E-state index in [4.69, 9.17) is 16.3 Å². The van der Waals surface area contributed by atoms with Crippen molar-refractivity contribution in [3.05, 3.63) is 89.1 Å². The molecule has 35 heavy (non-hydrogen) atoms. The number of H-pyrrole nitrogens is 1. The maximum atomic E-state index is 13.6. The number of carbonyl (C=O) groups is 2. The van der Waals surface area contributed by atoms with Crippen molar-refractivity contribution in [1.82, 2.24) is 9.88 Å². The summed E-state index contributed by atoms with van der Waals surface area (Å²) in [7, 11) is 1.66. The van der Waals surface area contributed by atoms with Crippen molar-refractivity contribution in [3.8, 4) is 5.75 Å². The number of para-hydroxylation sites is 3. The molecule has 0 aliphatic carbocycles. The normalized spacial score (nSPS) is 13.7. The van der Waals surface area contributed by atoms with Gasteiger partial charge in [-0.15, -0.1) is 0 Å². The number of benzene rings is 3. The number of anilines is 2. The number of aromatic nitrogens is 1. The van der Waals surface area contributed by atoms with Crippen LogP contribution in [0.25, 0.3) is 10.9 Å². The maximum absolute atomic E-state index is 13.6. The lowest BCUT2D eigenvalue weighted by Gasteiger charge is -2.36. The molecule has 5 rings (SSSR count). The first kappa shape index (κ1) is 22.8. The average Bonchev–Trinajstić information content (AvgIpc) is 3.27. The van der Waals surface area contributed by atoms with Crippen LogP contribution in [0.3, 0.4) is 0 Å². The van der Waals surface area contributed by atoms with Gasteiger partial charge in [0.2, 0.25) is 0 Å². The van der Waals surface area contributed by atoms with E-state index in [0.717, 1.165) is 22.3 Å². The highest BCUT2D eigenvalue weighted by atomic mass is 35.5. The molecule has 3 aromatic carbocycles. The number of methoxy groups -OCH3 is 1. The fourth-order valence-electron chi connectivity index (χ4n) is 4.42. The summed E-state index contributed by atoms with van der Waals surface area (Å²) < 4.78 is 5.50. The number of rotatable bonds is 5. The smallest absolute Gasteiger partial charge is 0.272 e. The standard InChI is InChI=1S/C27H25ClN4O3/c1-35-23-9-5-4-8-22(23)31-14-16-32(17-15-31)27(34)25-24(20-6-2-3-7-21(20)29-25)30-26(33)18-10-12-19(28)13-11-18/h2-13,29H,14-17H2,1H3,(H,30,33). The summed E-state index contributed by atoms with van der Waals surface area (Å²) in [4.78, 5) is 33.8. The Hall–Kier alpha value is -3.97. The second-order valence-corrected chi connectivity index (χ2v) is 8.77. The van der Waals surface area contributed by atoms with Crippen LogP contribution < -0.4 is 15.0 Å². The highest BCUT2D eigenvalue weighted by Crippen LogP contribution is 2.31. The minimum atomic E-state index is -0.304. The number of hydrogen-bond donors (Lipinski definition) is 2. The Labute approximate surface area is 208 Å². The largest absolute Gasteiger partial charge is 0.495 e. The lowest BCUT2D eigenvalue weighted by atomic mass is 10.1. The zero-order valence-electron chi connectivity index (χ0n) is 19.3. The van der Waals surface area contributed by atoms with Crippen molar-refractivity contribution < 1.29 is 14.3 Å². The molecule has 0 bridgehead atoms. The van der Waals surface area contributed by atoms with Gasteiger partial charge in [-0.25, -0.2) is 0 Å². The molecule has 0 saturated carbocycles. The molecule has 2 amide bonds. The first-order valence-electron chi connectivity index (χ1n) is 11.4. The molecule has 0 atom stereocenters. The molecular weight excluding hydrogens is 464 g/mol. The first-order valence-corrected chi connectivity index (χ1v) is 11.8. The van der Waals surface area contributed by atoms with Gasteiger partial charge in [0.15, 0.2) is 0 Å². The van der Waals surface area contributed by atoms with E-state index in [0.29, 0.717) is 48.1 Å². The molecule has 7 nitrogen and oxygen atoms in total. The first-order chi connectivity index (χ1) is 17.0. The van der Waals surface area contributed by atoms with E-state index in [2.05, 4.69) is 15.2 Å². The number of fused-ring (bicyclic) bond motifs is 1. The molecule has 0 radical (unpaired) electrons. The van der Waals surface area contributed by atoms with Gasteiger partial charge in [0.05, 0.1) is 18.5 Å². The number of ether oxygens (including phenoxy) is 1. The predicted molar refractivity (Wildman–Crippen MR) is 139 cm³/mol. The molecule has 2 N–H and O–H groups in total. The molecule has 1 saturated heterocycles. The fraction of sp³-hybridized carbons (Fsp3) is 0.185. The molecule has 1 fully saturated rings. The van der Waals surface area contributed by atoms with E-state index in [9.17, 15) is 9.59 Å². The second-order valence-electron chi connectivity index (χ2n) is 8.33. The summed E-state index contributed by atoms with van der Waals surface area (Å²) in [6.45, 7) is 2.46. The maximum Gasteiger partial charge on any atom is 0.272 e. The van der Waals surface area contributed by atoms with Crippen molar-refractivity contribution in [3.63, 3.8) is 0 Å². The van der Waals surface area contributed by atoms with Gasteiger partial charge in [0, 0.05) is 47.7 Å². The topological polar surface area (TPSA) is 77.7 Å². The average molecular weight is 489 g/mol. The van der Waals surface area contributed by atoms with E-state index < -0.39 is 0 Å². The predicted octanol–water partition coefficient (Wildman–Crippen LogP) is 5.04. The summed E-state index contributed by atoms with van der Waals surface area (Å²) in [6.07, 6.45) is 0. The van der Waals surface area contributed by atoms with E-state index in [1.807, 2.05) is 53.4 Å². The van der Waals surface area contributed by atoms with Crippen molar-refractivity contribution in [2.45, 2.75) is 0 Å². The molecular formula is C27H25ClN4O3. The third-order valence-electron chi connectivity index (χ3n) is 6.26. The van der Waals surface area contributed by atoms with Crippen LogP contribution in [0, 0.1) is 0 Å². The number of carbonyl (C=O) groups excluding carboxylic acids is 2. The SMILES string of the molecule is COc1ccccc1N1CCN(C(=O)c2[nH]c3ccccc3c2NC(=O)c2ccc(Cl)cc2)CC1. The molecule has 8 heteroatoms. The summed E-state index contributed by atoms with van der Waals surface area (Å²) in [5.74, 6) is 0.365. The summed E-state index contributed by atoms with van der Waals surface area (Å²) in [5, 5.41) is 4.29. The number of nitrogens with zero attached hydrogens (tertiary/aromatic N) is 2. The third-order valence-corrected chi connectivity index (χ3v) is 6.51. The third kappa shape index (κ3) is 4.55. The number of halogens is 1. The van der Waals surface area contributed by atoms with Gasteiger partial charge >= 0.3 is 0 Å². The Kier molecular flexibility index (Phi) is 6.33. The van der Waals surface area contributed by atoms with Crippen molar-refractivity contribution >= 4 is 45.7 Å². The van der Waals surface area contributed by atoms with Crippen LogP contribution in [0.5, 0.6) is 5.75 Å². The fourth-order valence-corrected chi connectivity index (χ4v) is 4.54. The van der Waals surface area contributed by atoms with E-state index >= 15 is 0 Å². The number of piperazine rings is 1. The quantitative estimate of drug-likeness (QED) is 0.412. The highest BCUT2D eigenvalue weighted by Gasteiger charge is 2.28. The lowest BCUT2D eigenvalue weighted by Crippen LogP contribution is -2.49. The molecule has 4 aromatic rings. The van der Waals surface area contributed by atoms with Crippen molar-refractivity contribution in [2.75, 3.05) is 43.5 Å². The van der Waals surface area contributed by atoms with Crippen LogP contribution in [0.4, 0.5) is 11.4 Å². The summed E-state index contributed by atoms with van der Waals surface area (Å²) in [6, 6.07) is 22.1. The van der Waals surface area contributed by atoms with Crippen LogP contribution >= 0.6 is 11.6 Å². The van der Waals surface area contributed by atoms with Crippen LogP contribution in [0.2, 0.25) is 5.02 Å². The Balaban J connectivity index is 1.38. The van der Waals surface area contributed by atoms with Gasteiger partial charge in [0.1, 0.15) is 11.4 Å². The number of hydrogen-bond acceptors (Lipinski definition) is 4. The molecule has 2 heterocycles. The van der Waals surface area contributed by atoms with E-state index in [1.54, 1.807) is 31.4 Å². The molecule has 178 valence electrons. The number of amides is 2. The van der Waals surface area contributed by atoms with Gasteiger partial charge in [-0.1, -0.05) is 41.9 Å². The lowest BCUT2D eigenvalue weighted by molar-refractivity contribution is 0.0743. The number of nitrogens with one attached hydrogen (secondary N) is 2. The van der Waals surface area contributed by atoms with Gasteiger partial charge in [-0.3, -0.25) is 9.59 Å². The van der Waals surface area contributed by atoms with Crippen LogP contribution in [0.15, 0.2) is 72.8 Å². The van der Waals surface area contributed by atoms with Gasteiger partial charge in [-0.05, 0) is 42.5 Å². The zero-order chi connectivity index (χ0) is 24.4. The van der Waals surface area contributed by atoms with Crippen molar-refractivity contribution in [1.29, 1.82) is 0 Å². The van der Waals surface area contributed by atoms with E-state index in [1.165, 1.54) is 0 Å². The monoisotopic (exact) mass is 488 g/mol. The second kappa shape index (κ2) is 9.72. The minimum Gasteiger partial charge on any atom is -0.495 e. The van der Waals surface area contributed by atoms with Gasteiger partial charge in [-0.2, -0.15) is 0 Å².